The van der Waals surface area contributed by atoms with Gasteiger partial charge in [0.15, 0.2) is 0 Å². The molecule has 0 spiro atoms. The highest BCUT2D eigenvalue weighted by atomic mass is 35.5. The second-order valence-electron chi connectivity index (χ2n) is 10.8. The van der Waals surface area contributed by atoms with Gasteiger partial charge in [0.2, 0.25) is 5.91 Å². The molecule has 0 aromatic heterocycles. The molecule has 0 N–H and O–H groups in total. The minimum absolute atomic E-state index is 0.0643. The van der Waals surface area contributed by atoms with Gasteiger partial charge in [-0.3, -0.25) is 9.69 Å². The first-order chi connectivity index (χ1) is 16.1. The Morgan fingerprint density at radius 3 is 2.06 bits per heavy atom. The lowest BCUT2D eigenvalue weighted by Gasteiger charge is -2.54. The maximum absolute atomic E-state index is 13.7. The summed E-state index contributed by atoms with van der Waals surface area (Å²) in [6.45, 7) is 3.32. The lowest BCUT2D eigenvalue weighted by molar-refractivity contribution is -0.151. The summed E-state index contributed by atoms with van der Waals surface area (Å²) in [5, 5.41) is 1.35. The van der Waals surface area contributed by atoms with Crippen molar-refractivity contribution in [1.82, 2.24) is 9.80 Å². The van der Waals surface area contributed by atoms with E-state index in [4.69, 9.17) is 23.2 Å². The number of amides is 1. The molecule has 4 saturated carbocycles. The van der Waals surface area contributed by atoms with E-state index in [1.165, 1.54) is 37.7 Å². The number of halogens is 2. The van der Waals surface area contributed by atoms with E-state index in [1.54, 1.807) is 0 Å². The summed E-state index contributed by atoms with van der Waals surface area (Å²) < 4.78 is 0. The Kier molecular flexibility index (Phi) is 5.92. The molecule has 174 valence electrons. The van der Waals surface area contributed by atoms with Crippen molar-refractivity contribution in [3.05, 3.63) is 69.7 Å². The van der Waals surface area contributed by atoms with Gasteiger partial charge in [0.25, 0.3) is 0 Å². The van der Waals surface area contributed by atoms with Gasteiger partial charge in [-0.1, -0.05) is 59.6 Å². The van der Waals surface area contributed by atoms with Gasteiger partial charge in [0.1, 0.15) is 0 Å². The van der Waals surface area contributed by atoms with Crippen LogP contribution < -0.4 is 0 Å². The first-order valence-corrected chi connectivity index (χ1v) is 13.3. The molecular weight excluding hydrogens is 451 g/mol. The van der Waals surface area contributed by atoms with Crippen LogP contribution in [-0.2, 0) is 4.79 Å². The topological polar surface area (TPSA) is 23.6 Å². The third-order valence-corrected chi connectivity index (χ3v) is 9.44. The van der Waals surface area contributed by atoms with Gasteiger partial charge < -0.3 is 4.90 Å². The van der Waals surface area contributed by atoms with Crippen LogP contribution in [0.2, 0.25) is 10.0 Å². The summed E-state index contributed by atoms with van der Waals surface area (Å²) in [7, 11) is 0. The summed E-state index contributed by atoms with van der Waals surface area (Å²) >= 11 is 12.9. The molecule has 3 nitrogen and oxygen atoms in total. The number of hydrogen-bond acceptors (Lipinski definition) is 2. The molecule has 5 aliphatic rings. The van der Waals surface area contributed by atoms with Crippen molar-refractivity contribution in [3.8, 4) is 0 Å². The number of benzene rings is 2. The van der Waals surface area contributed by atoms with Crippen LogP contribution in [0.4, 0.5) is 0 Å². The van der Waals surface area contributed by atoms with Crippen LogP contribution in [-0.4, -0.2) is 41.9 Å². The monoisotopic (exact) mass is 482 g/mol. The fourth-order valence-corrected chi connectivity index (χ4v) is 8.20. The van der Waals surface area contributed by atoms with Crippen molar-refractivity contribution in [2.24, 2.45) is 29.6 Å². The molecule has 2 aromatic carbocycles. The summed E-state index contributed by atoms with van der Waals surface area (Å²) in [5.74, 6) is 3.85. The van der Waals surface area contributed by atoms with Crippen LogP contribution in [0, 0.1) is 29.6 Å². The maximum atomic E-state index is 13.7. The lowest BCUT2D eigenvalue weighted by atomic mass is 9.51. The average Bonchev–Trinajstić information content (AvgIpc) is 2.81. The van der Waals surface area contributed by atoms with Crippen molar-refractivity contribution in [1.29, 1.82) is 0 Å². The summed E-state index contributed by atoms with van der Waals surface area (Å²) in [6, 6.07) is 16.4. The van der Waals surface area contributed by atoms with Gasteiger partial charge in [-0.15, -0.1) is 0 Å². The molecule has 33 heavy (non-hydrogen) atoms. The smallest absolute Gasteiger partial charge is 0.226 e. The Morgan fingerprint density at radius 1 is 0.818 bits per heavy atom. The molecule has 1 unspecified atom stereocenters. The first-order valence-electron chi connectivity index (χ1n) is 12.6. The fraction of sp³-hybridized carbons (Fsp3) is 0.536. The predicted octanol–water partition coefficient (Wildman–Crippen LogP) is 6.30. The van der Waals surface area contributed by atoms with E-state index in [-0.39, 0.29) is 6.04 Å². The zero-order valence-electron chi connectivity index (χ0n) is 19.0. The maximum Gasteiger partial charge on any atom is 0.226 e. The molecule has 1 saturated heterocycles. The third-order valence-electron chi connectivity index (χ3n) is 8.88. The van der Waals surface area contributed by atoms with E-state index >= 15 is 0 Å². The van der Waals surface area contributed by atoms with Crippen LogP contribution in [0.5, 0.6) is 0 Å². The molecule has 5 fully saturated rings. The summed E-state index contributed by atoms with van der Waals surface area (Å²) in [5.41, 5.74) is 2.30. The Labute approximate surface area is 207 Å². The zero-order chi connectivity index (χ0) is 22.5. The second kappa shape index (κ2) is 8.91. The number of piperazine rings is 1. The van der Waals surface area contributed by atoms with Crippen LogP contribution in [0.25, 0.3) is 0 Å². The van der Waals surface area contributed by atoms with Crippen molar-refractivity contribution >= 4 is 29.1 Å². The van der Waals surface area contributed by atoms with Crippen LogP contribution >= 0.6 is 23.2 Å². The SMILES string of the molecule is O=C(C1C2CC3CC(C2)CC1C3)N1CCN(C(c2ccccc2)c2ccc(Cl)cc2Cl)CC1. The molecule has 4 aliphatic carbocycles. The van der Waals surface area contributed by atoms with E-state index in [2.05, 4.69) is 34.1 Å². The number of carbonyl (C=O) groups excluding carboxylic acids is 1. The van der Waals surface area contributed by atoms with E-state index < -0.39 is 0 Å². The Morgan fingerprint density at radius 2 is 1.45 bits per heavy atom. The van der Waals surface area contributed by atoms with E-state index in [0.29, 0.717) is 33.7 Å². The Balaban J connectivity index is 1.19. The largest absolute Gasteiger partial charge is 0.340 e. The normalized spacial score (nSPS) is 32.2. The Bertz CT molecular complexity index is 990. The van der Waals surface area contributed by atoms with Crippen LogP contribution in [0.3, 0.4) is 0 Å². The average molecular weight is 483 g/mol. The van der Waals surface area contributed by atoms with E-state index in [9.17, 15) is 4.79 Å². The van der Waals surface area contributed by atoms with Crippen LogP contribution in [0.15, 0.2) is 48.5 Å². The molecule has 5 heteroatoms. The van der Waals surface area contributed by atoms with Gasteiger partial charge in [0, 0.05) is 42.1 Å². The highest BCUT2D eigenvalue weighted by Gasteiger charge is 2.51. The van der Waals surface area contributed by atoms with Gasteiger partial charge in [-0.2, -0.15) is 0 Å². The highest BCUT2D eigenvalue weighted by molar-refractivity contribution is 6.35. The van der Waals surface area contributed by atoms with Gasteiger partial charge in [-0.05, 0) is 79.0 Å². The minimum Gasteiger partial charge on any atom is -0.340 e. The van der Waals surface area contributed by atoms with Gasteiger partial charge in [-0.25, -0.2) is 0 Å². The highest BCUT2D eigenvalue weighted by Crippen LogP contribution is 2.57. The van der Waals surface area contributed by atoms with Gasteiger partial charge >= 0.3 is 0 Å². The fourth-order valence-electron chi connectivity index (χ4n) is 7.69. The molecule has 0 radical (unpaired) electrons. The number of nitrogens with zero attached hydrogens (tertiary/aromatic N) is 2. The molecule has 1 atom stereocenters. The van der Waals surface area contributed by atoms with Crippen molar-refractivity contribution in [2.45, 2.75) is 38.1 Å². The summed E-state index contributed by atoms with van der Waals surface area (Å²) in [6.07, 6.45) is 6.63. The molecule has 7 rings (SSSR count). The second-order valence-corrected chi connectivity index (χ2v) is 11.6. The molecule has 1 heterocycles. The summed E-state index contributed by atoms with van der Waals surface area (Å²) in [4.78, 5) is 18.3. The minimum atomic E-state index is 0.0643. The predicted molar refractivity (Wildman–Crippen MR) is 133 cm³/mol. The molecular formula is C28H32Cl2N2O. The molecule has 4 bridgehead atoms. The molecule has 1 amide bonds. The van der Waals surface area contributed by atoms with Crippen molar-refractivity contribution < 1.29 is 4.79 Å². The third kappa shape index (κ3) is 4.11. The number of hydrogen-bond donors (Lipinski definition) is 0. The Hall–Kier alpha value is -1.55. The number of rotatable bonds is 4. The zero-order valence-corrected chi connectivity index (χ0v) is 20.5. The van der Waals surface area contributed by atoms with Gasteiger partial charge in [0.05, 0.1) is 6.04 Å². The van der Waals surface area contributed by atoms with Crippen molar-refractivity contribution in [2.75, 3.05) is 26.2 Å². The number of carbonyl (C=O) groups is 1. The van der Waals surface area contributed by atoms with E-state index in [1.807, 2.05) is 24.3 Å². The first kappa shape index (κ1) is 21.9. The van der Waals surface area contributed by atoms with Crippen molar-refractivity contribution in [3.63, 3.8) is 0 Å². The van der Waals surface area contributed by atoms with E-state index in [0.717, 1.165) is 43.6 Å². The standard InChI is InChI=1S/C28H32Cl2N2O/c29-23-6-7-24(25(30)17-23)27(20-4-2-1-3-5-20)31-8-10-32(11-9-31)28(33)26-21-13-18-12-19(15-21)16-22(26)14-18/h1-7,17-19,21-22,26-27H,8-16H2. The molecule has 1 aliphatic heterocycles. The lowest BCUT2D eigenvalue weighted by Crippen LogP contribution is -2.56. The van der Waals surface area contributed by atoms with Crippen LogP contribution in [0.1, 0.15) is 49.3 Å². The quantitative estimate of drug-likeness (QED) is 0.510. The molecule has 2 aromatic rings.